The number of carbonyl (C=O) groups is 1. The number of rotatable bonds is 4. The first-order chi connectivity index (χ1) is 8.84. The third-order valence-corrected chi connectivity index (χ3v) is 3.78. The molecule has 0 radical (unpaired) electrons. The van der Waals surface area contributed by atoms with Gasteiger partial charge in [0.25, 0.3) is 0 Å². The van der Waals surface area contributed by atoms with Crippen molar-refractivity contribution < 1.29 is 9.53 Å². The zero-order valence-corrected chi connectivity index (χ0v) is 11.1. The molecule has 1 saturated carbocycles. The highest BCUT2D eigenvalue weighted by atomic mass is 16.5. The maximum Gasteiger partial charge on any atom is 0.407 e. The summed E-state index contributed by atoms with van der Waals surface area (Å²) in [6, 6.07) is 0.338. The molecule has 2 fully saturated rings. The lowest BCUT2D eigenvalue weighted by Crippen LogP contribution is -2.45. The van der Waals surface area contributed by atoms with Gasteiger partial charge in [-0.05, 0) is 12.8 Å². The summed E-state index contributed by atoms with van der Waals surface area (Å²) in [6.07, 6.45) is 5.73. The van der Waals surface area contributed by atoms with Gasteiger partial charge in [-0.2, -0.15) is 0 Å². The Balaban J connectivity index is 1.53. The van der Waals surface area contributed by atoms with Gasteiger partial charge in [0.1, 0.15) is 6.61 Å². The van der Waals surface area contributed by atoms with Crippen molar-refractivity contribution in [2.45, 2.75) is 38.1 Å². The molecular weight excluding hydrogens is 230 g/mol. The Hall–Kier alpha value is -0.810. The van der Waals surface area contributed by atoms with Crippen LogP contribution in [0.25, 0.3) is 0 Å². The number of hydrogen-bond donors (Lipinski definition) is 2. The number of nitrogens with one attached hydrogen (secondary N) is 2. The molecule has 1 heterocycles. The van der Waals surface area contributed by atoms with Gasteiger partial charge < -0.3 is 15.4 Å². The van der Waals surface area contributed by atoms with Crippen LogP contribution in [0.3, 0.4) is 0 Å². The zero-order valence-electron chi connectivity index (χ0n) is 11.1. The molecular formula is C13H25N3O2. The van der Waals surface area contributed by atoms with E-state index in [1.807, 2.05) is 0 Å². The van der Waals surface area contributed by atoms with Crippen LogP contribution in [0.15, 0.2) is 0 Å². The van der Waals surface area contributed by atoms with Gasteiger partial charge in [-0.1, -0.05) is 19.3 Å². The Bertz CT molecular complexity index is 249. The normalized spacial score (nSPS) is 22.7. The largest absolute Gasteiger partial charge is 0.448 e. The zero-order chi connectivity index (χ0) is 12.6. The number of hydrogen-bond acceptors (Lipinski definition) is 4. The van der Waals surface area contributed by atoms with Gasteiger partial charge in [0, 0.05) is 38.8 Å². The Morgan fingerprint density at radius 3 is 2.67 bits per heavy atom. The van der Waals surface area contributed by atoms with Gasteiger partial charge >= 0.3 is 6.09 Å². The molecule has 0 spiro atoms. The molecule has 0 aromatic heterocycles. The van der Waals surface area contributed by atoms with E-state index in [1.54, 1.807) is 0 Å². The minimum Gasteiger partial charge on any atom is -0.448 e. The van der Waals surface area contributed by atoms with Crippen LogP contribution < -0.4 is 10.6 Å². The average Bonchev–Trinajstić information content (AvgIpc) is 2.41. The number of carbonyl (C=O) groups excluding carboxylic acids is 1. The summed E-state index contributed by atoms with van der Waals surface area (Å²) < 4.78 is 5.24. The standard InChI is InChI=1S/C13H25N3O2/c17-13(15-12-4-2-1-3-5-12)18-11-10-16-8-6-14-7-9-16/h12,14H,1-11H2,(H,15,17). The van der Waals surface area contributed by atoms with Crippen LogP contribution in [0.2, 0.25) is 0 Å². The van der Waals surface area contributed by atoms with E-state index in [1.165, 1.54) is 19.3 Å². The molecule has 2 N–H and O–H groups in total. The molecule has 18 heavy (non-hydrogen) atoms. The lowest BCUT2D eigenvalue weighted by molar-refractivity contribution is 0.118. The van der Waals surface area contributed by atoms with Gasteiger partial charge in [0.2, 0.25) is 0 Å². The monoisotopic (exact) mass is 255 g/mol. The molecule has 1 aliphatic carbocycles. The van der Waals surface area contributed by atoms with E-state index in [2.05, 4.69) is 15.5 Å². The molecule has 2 aliphatic rings. The molecule has 2 rings (SSSR count). The highest BCUT2D eigenvalue weighted by Crippen LogP contribution is 2.17. The van der Waals surface area contributed by atoms with Crippen molar-refractivity contribution in [1.82, 2.24) is 15.5 Å². The summed E-state index contributed by atoms with van der Waals surface area (Å²) in [6.45, 7) is 5.52. The van der Waals surface area contributed by atoms with Gasteiger partial charge in [-0.3, -0.25) is 4.90 Å². The minimum atomic E-state index is -0.239. The molecule has 0 aromatic carbocycles. The predicted octanol–water partition coefficient (Wildman–Crippen LogP) is 0.951. The van der Waals surface area contributed by atoms with Gasteiger partial charge in [-0.25, -0.2) is 4.79 Å². The van der Waals surface area contributed by atoms with Crippen molar-refractivity contribution in [3.8, 4) is 0 Å². The van der Waals surface area contributed by atoms with Crippen molar-refractivity contribution in [2.24, 2.45) is 0 Å². The fraction of sp³-hybridized carbons (Fsp3) is 0.923. The topological polar surface area (TPSA) is 53.6 Å². The molecule has 1 aliphatic heterocycles. The van der Waals surface area contributed by atoms with E-state index >= 15 is 0 Å². The Kier molecular flexibility index (Phi) is 5.74. The third-order valence-electron chi connectivity index (χ3n) is 3.78. The quantitative estimate of drug-likeness (QED) is 0.785. The molecule has 0 bridgehead atoms. The third kappa shape index (κ3) is 4.82. The molecule has 0 unspecified atom stereocenters. The van der Waals surface area contributed by atoms with Crippen LogP contribution in [0.5, 0.6) is 0 Å². The minimum absolute atomic E-state index is 0.239. The maximum absolute atomic E-state index is 11.6. The Morgan fingerprint density at radius 1 is 1.22 bits per heavy atom. The Labute approximate surface area is 109 Å². The first-order valence-electron chi connectivity index (χ1n) is 7.21. The van der Waals surface area contributed by atoms with Crippen molar-refractivity contribution in [3.63, 3.8) is 0 Å². The Morgan fingerprint density at radius 2 is 1.94 bits per heavy atom. The van der Waals surface area contributed by atoms with Crippen molar-refractivity contribution in [2.75, 3.05) is 39.3 Å². The van der Waals surface area contributed by atoms with Crippen molar-refractivity contribution in [3.05, 3.63) is 0 Å². The smallest absolute Gasteiger partial charge is 0.407 e. The van der Waals surface area contributed by atoms with Crippen LogP contribution in [0, 0.1) is 0 Å². The molecule has 5 nitrogen and oxygen atoms in total. The molecule has 1 saturated heterocycles. The van der Waals surface area contributed by atoms with Crippen molar-refractivity contribution >= 4 is 6.09 Å². The fourth-order valence-corrected chi connectivity index (χ4v) is 2.66. The van der Waals surface area contributed by atoms with Gasteiger partial charge in [-0.15, -0.1) is 0 Å². The molecule has 1 amide bonds. The first-order valence-corrected chi connectivity index (χ1v) is 7.21. The number of piperazine rings is 1. The maximum atomic E-state index is 11.6. The van der Waals surface area contributed by atoms with E-state index in [-0.39, 0.29) is 6.09 Å². The highest BCUT2D eigenvalue weighted by molar-refractivity contribution is 5.67. The summed E-state index contributed by atoms with van der Waals surface area (Å²) in [5.74, 6) is 0. The first kappa shape index (κ1) is 13.6. The second kappa shape index (κ2) is 7.59. The van der Waals surface area contributed by atoms with Crippen LogP contribution in [0.1, 0.15) is 32.1 Å². The van der Waals surface area contributed by atoms with Crippen LogP contribution in [0.4, 0.5) is 4.79 Å². The van der Waals surface area contributed by atoms with E-state index in [4.69, 9.17) is 4.74 Å². The summed E-state index contributed by atoms with van der Waals surface area (Å²) in [5.41, 5.74) is 0. The molecule has 104 valence electrons. The van der Waals surface area contributed by atoms with E-state index in [9.17, 15) is 4.79 Å². The second-order valence-electron chi connectivity index (χ2n) is 5.21. The SMILES string of the molecule is O=C(NC1CCCCC1)OCCN1CCNCC1. The summed E-state index contributed by atoms with van der Waals surface area (Å²) in [4.78, 5) is 13.9. The summed E-state index contributed by atoms with van der Waals surface area (Å²) >= 11 is 0. The predicted molar refractivity (Wildman–Crippen MR) is 70.7 cm³/mol. The van der Waals surface area contributed by atoms with Gasteiger partial charge in [0.15, 0.2) is 0 Å². The van der Waals surface area contributed by atoms with E-state index in [0.717, 1.165) is 45.6 Å². The number of alkyl carbamates (subject to hydrolysis) is 1. The number of amides is 1. The lowest BCUT2D eigenvalue weighted by atomic mass is 9.96. The van der Waals surface area contributed by atoms with Gasteiger partial charge in [0.05, 0.1) is 0 Å². The number of nitrogens with zero attached hydrogens (tertiary/aromatic N) is 1. The lowest BCUT2D eigenvalue weighted by Gasteiger charge is -2.27. The summed E-state index contributed by atoms with van der Waals surface area (Å²) in [7, 11) is 0. The van der Waals surface area contributed by atoms with Crippen molar-refractivity contribution in [1.29, 1.82) is 0 Å². The molecule has 0 aromatic rings. The van der Waals surface area contributed by atoms with Crippen LogP contribution in [-0.2, 0) is 4.74 Å². The molecule has 5 heteroatoms. The van der Waals surface area contributed by atoms with Crippen LogP contribution >= 0.6 is 0 Å². The van der Waals surface area contributed by atoms with E-state index in [0.29, 0.717) is 12.6 Å². The average molecular weight is 255 g/mol. The number of ether oxygens (including phenoxy) is 1. The van der Waals surface area contributed by atoms with Crippen LogP contribution in [-0.4, -0.2) is 56.4 Å². The van der Waals surface area contributed by atoms with E-state index < -0.39 is 0 Å². The highest BCUT2D eigenvalue weighted by Gasteiger charge is 2.16. The fourth-order valence-electron chi connectivity index (χ4n) is 2.66. The summed E-state index contributed by atoms with van der Waals surface area (Å²) in [5, 5.41) is 6.27. The second-order valence-corrected chi connectivity index (χ2v) is 5.21. The molecule has 0 atom stereocenters.